The molecule has 1 aliphatic heterocycles. The van der Waals surface area contributed by atoms with E-state index in [0.29, 0.717) is 0 Å². The fourth-order valence-corrected chi connectivity index (χ4v) is 2.69. The third kappa shape index (κ3) is 2.12. The van der Waals surface area contributed by atoms with Gasteiger partial charge in [0.05, 0.1) is 0 Å². The van der Waals surface area contributed by atoms with Crippen molar-refractivity contribution in [3.63, 3.8) is 0 Å². The first kappa shape index (κ1) is 12.2. The van der Waals surface area contributed by atoms with Crippen molar-refractivity contribution in [1.82, 2.24) is 0 Å². The number of aliphatic hydroxyl groups is 1. The minimum absolute atomic E-state index is 0.0195. The lowest BCUT2D eigenvalue weighted by molar-refractivity contribution is 0.124. The van der Waals surface area contributed by atoms with Gasteiger partial charge in [-0.1, -0.05) is 20.8 Å². The van der Waals surface area contributed by atoms with Crippen LogP contribution in [0.1, 0.15) is 39.2 Å². The van der Waals surface area contributed by atoms with Gasteiger partial charge >= 0.3 is 0 Å². The van der Waals surface area contributed by atoms with Gasteiger partial charge in [-0.25, -0.2) is 0 Å². The number of anilines is 2. The molecule has 17 heavy (non-hydrogen) atoms. The first-order valence-corrected chi connectivity index (χ1v) is 6.30. The minimum Gasteiger partial charge on any atom is -0.399 e. The van der Waals surface area contributed by atoms with Crippen LogP contribution in [0.2, 0.25) is 0 Å². The first-order valence-electron chi connectivity index (χ1n) is 6.30. The Hall–Kier alpha value is -1.22. The van der Waals surface area contributed by atoms with Gasteiger partial charge < -0.3 is 15.7 Å². The molecular formula is C14H22N2O. The van der Waals surface area contributed by atoms with E-state index in [0.717, 1.165) is 30.8 Å². The van der Waals surface area contributed by atoms with E-state index in [2.05, 4.69) is 25.7 Å². The van der Waals surface area contributed by atoms with Crippen molar-refractivity contribution in [2.45, 2.75) is 45.3 Å². The topological polar surface area (TPSA) is 49.5 Å². The van der Waals surface area contributed by atoms with Crippen LogP contribution in [0.5, 0.6) is 0 Å². The van der Waals surface area contributed by atoms with Crippen molar-refractivity contribution in [3.05, 3.63) is 23.8 Å². The van der Waals surface area contributed by atoms with E-state index in [9.17, 15) is 5.11 Å². The number of nitrogens with zero attached hydrogens (tertiary/aromatic N) is 1. The van der Waals surface area contributed by atoms with Crippen molar-refractivity contribution >= 4 is 11.4 Å². The molecule has 1 aromatic rings. The molecule has 0 aliphatic carbocycles. The number of aliphatic hydroxyl groups excluding tert-OH is 1. The van der Waals surface area contributed by atoms with Gasteiger partial charge in [-0.2, -0.15) is 0 Å². The molecule has 2 rings (SSSR count). The lowest BCUT2D eigenvalue weighted by Gasteiger charge is -2.43. The SMILES string of the molecule is CCCN1c2ccc(N)cc2C(C)(C)CC1O. The second kappa shape index (κ2) is 4.22. The lowest BCUT2D eigenvalue weighted by Crippen LogP contribution is -2.45. The standard InChI is InChI=1S/C14H22N2O/c1-4-7-16-12-6-5-10(15)8-11(12)14(2,3)9-13(16)17/h5-6,8,13,17H,4,7,9,15H2,1-3H3. The monoisotopic (exact) mass is 234 g/mol. The quantitative estimate of drug-likeness (QED) is 0.773. The van der Waals surface area contributed by atoms with Gasteiger partial charge in [-0.15, -0.1) is 0 Å². The van der Waals surface area contributed by atoms with Crippen molar-refractivity contribution in [1.29, 1.82) is 0 Å². The highest BCUT2D eigenvalue weighted by Gasteiger charge is 2.36. The highest BCUT2D eigenvalue weighted by molar-refractivity contribution is 5.64. The van der Waals surface area contributed by atoms with Gasteiger partial charge in [0.1, 0.15) is 6.23 Å². The predicted octanol–water partition coefficient (Wildman–Crippen LogP) is 2.48. The Morgan fingerprint density at radius 2 is 2.18 bits per heavy atom. The third-order valence-corrected chi connectivity index (χ3v) is 3.58. The molecular weight excluding hydrogens is 212 g/mol. The summed E-state index contributed by atoms with van der Waals surface area (Å²) in [5, 5.41) is 10.2. The average molecular weight is 234 g/mol. The summed E-state index contributed by atoms with van der Waals surface area (Å²) in [6.45, 7) is 7.34. The van der Waals surface area contributed by atoms with E-state index in [1.165, 1.54) is 5.56 Å². The summed E-state index contributed by atoms with van der Waals surface area (Å²) >= 11 is 0. The summed E-state index contributed by atoms with van der Waals surface area (Å²) in [6.07, 6.45) is 1.39. The van der Waals surface area contributed by atoms with Gasteiger partial charge in [0.2, 0.25) is 0 Å². The summed E-state index contributed by atoms with van der Waals surface area (Å²) in [4.78, 5) is 2.08. The fraction of sp³-hybridized carbons (Fsp3) is 0.571. The number of hydrogen-bond donors (Lipinski definition) is 2. The fourth-order valence-electron chi connectivity index (χ4n) is 2.69. The van der Waals surface area contributed by atoms with Gasteiger partial charge in [-0.3, -0.25) is 0 Å². The highest BCUT2D eigenvalue weighted by atomic mass is 16.3. The van der Waals surface area contributed by atoms with E-state index in [1.807, 2.05) is 18.2 Å². The van der Waals surface area contributed by atoms with E-state index in [4.69, 9.17) is 5.73 Å². The second-order valence-electron chi connectivity index (χ2n) is 5.54. The molecule has 1 aromatic carbocycles. The summed E-state index contributed by atoms with van der Waals surface area (Å²) in [7, 11) is 0. The molecule has 0 amide bonds. The number of rotatable bonds is 2. The summed E-state index contributed by atoms with van der Waals surface area (Å²) in [5.74, 6) is 0. The normalized spacial score (nSPS) is 22.4. The molecule has 0 bridgehead atoms. The molecule has 0 saturated carbocycles. The van der Waals surface area contributed by atoms with Crippen LogP contribution in [0, 0.1) is 0 Å². The maximum atomic E-state index is 10.2. The number of nitrogen functional groups attached to an aromatic ring is 1. The number of benzene rings is 1. The van der Waals surface area contributed by atoms with E-state index < -0.39 is 0 Å². The third-order valence-electron chi connectivity index (χ3n) is 3.58. The molecule has 3 heteroatoms. The van der Waals surface area contributed by atoms with Gasteiger partial charge in [0.25, 0.3) is 0 Å². The van der Waals surface area contributed by atoms with Gasteiger partial charge in [0.15, 0.2) is 0 Å². The Kier molecular flexibility index (Phi) is 3.04. The molecule has 3 nitrogen and oxygen atoms in total. The Labute approximate surface area is 103 Å². The Morgan fingerprint density at radius 1 is 1.47 bits per heavy atom. The molecule has 0 saturated heterocycles. The first-order chi connectivity index (χ1) is 7.95. The van der Waals surface area contributed by atoms with Crippen LogP contribution in [0.25, 0.3) is 0 Å². The van der Waals surface area contributed by atoms with Gasteiger partial charge in [-0.05, 0) is 35.6 Å². The summed E-state index contributed by atoms with van der Waals surface area (Å²) in [6, 6.07) is 5.99. The molecule has 1 atom stereocenters. The Bertz CT molecular complexity index is 415. The van der Waals surface area contributed by atoms with E-state index in [1.54, 1.807) is 0 Å². The molecule has 0 radical (unpaired) electrons. The van der Waals surface area contributed by atoms with Crippen LogP contribution in [-0.4, -0.2) is 17.9 Å². The molecule has 1 aliphatic rings. The zero-order chi connectivity index (χ0) is 12.6. The van der Waals surface area contributed by atoms with Crippen LogP contribution in [0.4, 0.5) is 11.4 Å². The molecule has 0 fully saturated rings. The lowest BCUT2D eigenvalue weighted by atomic mass is 9.76. The Balaban J connectivity index is 2.50. The largest absolute Gasteiger partial charge is 0.399 e. The van der Waals surface area contributed by atoms with Crippen LogP contribution in [0.15, 0.2) is 18.2 Å². The van der Waals surface area contributed by atoms with Crippen molar-refractivity contribution in [3.8, 4) is 0 Å². The average Bonchev–Trinajstić information content (AvgIpc) is 2.24. The molecule has 0 spiro atoms. The predicted molar refractivity (Wildman–Crippen MR) is 72.1 cm³/mol. The van der Waals surface area contributed by atoms with E-state index in [-0.39, 0.29) is 11.6 Å². The van der Waals surface area contributed by atoms with Crippen molar-refractivity contribution in [2.75, 3.05) is 17.2 Å². The summed E-state index contributed by atoms with van der Waals surface area (Å²) < 4.78 is 0. The number of hydrogen-bond acceptors (Lipinski definition) is 3. The minimum atomic E-state index is -0.388. The maximum Gasteiger partial charge on any atom is 0.127 e. The number of fused-ring (bicyclic) bond motifs is 1. The zero-order valence-electron chi connectivity index (χ0n) is 10.9. The number of nitrogens with two attached hydrogens (primary N) is 1. The van der Waals surface area contributed by atoms with Crippen molar-refractivity contribution < 1.29 is 5.11 Å². The smallest absolute Gasteiger partial charge is 0.127 e. The summed E-state index contributed by atoms with van der Waals surface area (Å²) in [5.41, 5.74) is 9.03. The van der Waals surface area contributed by atoms with Gasteiger partial charge in [0, 0.05) is 24.3 Å². The molecule has 1 heterocycles. The maximum absolute atomic E-state index is 10.2. The molecule has 0 aromatic heterocycles. The van der Waals surface area contributed by atoms with Crippen LogP contribution >= 0.6 is 0 Å². The molecule has 3 N–H and O–H groups in total. The van der Waals surface area contributed by atoms with Crippen LogP contribution < -0.4 is 10.6 Å². The molecule has 1 unspecified atom stereocenters. The molecule has 94 valence electrons. The zero-order valence-corrected chi connectivity index (χ0v) is 10.9. The van der Waals surface area contributed by atoms with Crippen molar-refractivity contribution in [2.24, 2.45) is 0 Å². The highest BCUT2D eigenvalue weighted by Crippen LogP contribution is 2.42. The van der Waals surface area contributed by atoms with Crippen LogP contribution in [-0.2, 0) is 5.41 Å². The Morgan fingerprint density at radius 3 is 2.82 bits per heavy atom. The second-order valence-corrected chi connectivity index (χ2v) is 5.54. The van der Waals surface area contributed by atoms with Crippen LogP contribution in [0.3, 0.4) is 0 Å². The van der Waals surface area contributed by atoms with E-state index >= 15 is 0 Å².